The molecule has 0 radical (unpaired) electrons. The molecule has 0 spiro atoms. The van der Waals surface area contributed by atoms with E-state index in [4.69, 9.17) is 0 Å². The number of hydrogen-bond donors (Lipinski definition) is 1. The number of nitrogens with zero attached hydrogens (tertiary/aromatic N) is 3. The van der Waals surface area contributed by atoms with E-state index in [-0.39, 0.29) is 0 Å². The molecule has 1 heterocycles. The summed E-state index contributed by atoms with van der Waals surface area (Å²) in [5.41, 5.74) is 2.14. The van der Waals surface area contributed by atoms with Gasteiger partial charge in [-0.3, -0.25) is 4.68 Å². The molecule has 0 atom stereocenters. The third kappa shape index (κ3) is 5.30. The summed E-state index contributed by atoms with van der Waals surface area (Å²) < 4.78 is 26.1. The summed E-state index contributed by atoms with van der Waals surface area (Å²) in [4.78, 5) is 0. The molecule has 0 saturated carbocycles. The van der Waals surface area contributed by atoms with Crippen molar-refractivity contribution in [2.75, 3.05) is 25.9 Å². The minimum atomic E-state index is -3.07. The molecule has 0 aliphatic heterocycles. The summed E-state index contributed by atoms with van der Waals surface area (Å²) >= 11 is 0. The van der Waals surface area contributed by atoms with E-state index in [1.807, 2.05) is 31.6 Å². The van der Waals surface area contributed by atoms with Gasteiger partial charge in [-0.25, -0.2) is 12.7 Å². The van der Waals surface area contributed by atoms with Crippen molar-refractivity contribution in [3.05, 3.63) is 17.5 Å². The molecule has 0 aromatic carbocycles. The molecule has 0 bridgehead atoms. The van der Waals surface area contributed by atoms with Gasteiger partial charge in [-0.1, -0.05) is 6.92 Å². The first kappa shape index (κ1) is 16.1. The van der Waals surface area contributed by atoms with E-state index in [1.54, 1.807) is 0 Å². The monoisotopic (exact) mass is 288 g/mol. The zero-order valence-corrected chi connectivity index (χ0v) is 13.0. The van der Waals surface area contributed by atoms with Gasteiger partial charge in [-0.2, -0.15) is 5.10 Å². The zero-order chi connectivity index (χ0) is 14.5. The average Bonchev–Trinajstić information content (AvgIpc) is 2.60. The van der Waals surface area contributed by atoms with Crippen molar-refractivity contribution >= 4 is 10.0 Å². The highest BCUT2D eigenvalue weighted by atomic mass is 32.2. The van der Waals surface area contributed by atoms with Crippen LogP contribution in [0.25, 0.3) is 0 Å². The first-order chi connectivity index (χ1) is 8.84. The summed E-state index contributed by atoms with van der Waals surface area (Å²) in [5, 5.41) is 7.58. The van der Waals surface area contributed by atoms with Crippen molar-refractivity contribution in [2.45, 2.75) is 26.8 Å². The second kappa shape index (κ2) is 7.02. The van der Waals surface area contributed by atoms with Gasteiger partial charge in [0, 0.05) is 26.7 Å². The molecule has 110 valence electrons. The maximum absolute atomic E-state index is 11.4. The second-order valence-corrected chi connectivity index (χ2v) is 6.67. The van der Waals surface area contributed by atoms with Crippen molar-refractivity contribution in [3.8, 4) is 0 Å². The van der Waals surface area contributed by atoms with E-state index in [1.165, 1.54) is 10.6 Å². The van der Waals surface area contributed by atoms with E-state index in [0.29, 0.717) is 13.1 Å². The Morgan fingerprint density at radius 2 is 2.16 bits per heavy atom. The molecule has 0 aliphatic rings. The fourth-order valence-corrected chi connectivity index (χ4v) is 2.91. The van der Waals surface area contributed by atoms with Crippen LogP contribution in [0, 0.1) is 6.92 Å². The van der Waals surface area contributed by atoms with E-state index in [2.05, 4.69) is 10.4 Å². The van der Waals surface area contributed by atoms with Gasteiger partial charge in [-0.15, -0.1) is 0 Å². The molecular weight excluding hydrogens is 264 g/mol. The first-order valence-corrected chi connectivity index (χ1v) is 8.34. The lowest BCUT2D eigenvalue weighted by Crippen LogP contribution is -2.32. The molecule has 0 amide bonds. The lowest BCUT2D eigenvalue weighted by atomic mass is 10.3. The van der Waals surface area contributed by atoms with Crippen LogP contribution < -0.4 is 5.32 Å². The summed E-state index contributed by atoms with van der Waals surface area (Å²) in [6, 6.07) is 2.04. The molecule has 0 unspecified atom stereocenters. The lowest BCUT2D eigenvalue weighted by molar-refractivity contribution is 0.418. The van der Waals surface area contributed by atoms with Crippen LogP contribution in [0.3, 0.4) is 0 Å². The minimum Gasteiger partial charge on any atom is -0.311 e. The summed E-state index contributed by atoms with van der Waals surface area (Å²) in [7, 11) is -1.14. The van der Waals surface area contributed by atoms with Gasteiger partial charge in [-0.05, 0) is 26.0 Å². The molecule has 1 aromatic rings. The van der Waals surface area contributed by atoms with Crippen molar-refractivity contribution in [2.24, 2.45) is 7.05 Å². The Balaban J connectivity index is 2.26. The number of sulfonamides is 1. The van der Waals surface area contributed by atoms with Crippen molar-refractivity contribution in [1.82, 2.24) is 19.4 Å². The van der Waals surface area contributed by atoms with Gasteiger partial charge >= 0.3 is 0 Å². The van der Waals surface area contributed by atoms with Gasteiger partial charge < -0.3 is 5.32 Å². The highest BCUT2D eigenvalue weighted by Crippen LogP contribution is 2.01. The zero-order valence-electron chi connectivity index (χ0n) is 12.2. The van der Waals surface area contributed by atoms with Gasteiger partial charge in [0.15, 0.2) is 0 Å². The predicted octanol–water partition coefficient (Wildman–Crippen LogP) is 0.490. The van der Waals surface area contributed by atoms with Crippen molar-refractivity contribution in [3.63, 3.8) is 0 Å². The van der Waals surface area contributed by atoms with Gasteiger partial charge in [0.05, 0.1) is 17.6 Å². The average molecular weight is 288 g/mol. The molecule has 19 heavy (non-hydrogen) atoms. The van der Waals surface area contributed by atoms with Gasteiger partial charge in [0.1, 0.15) is 0 Å². The Morgan fingerprint density at radius 1 is 1.47 bits per heavy atom. The number of hydrogen-bond acceptors (Lipinski definition) is 4. The smallest absolute Gasteiger partial charge is 0.211 e. The standard InChI is InChI=1S/C12H24N4O2S/c1-5-16(19(4,17)18)8-6-7-13-10-12-9-11(2)14-15(12)3/h9,13H,5-8,10H2,1-4H3. The third-order valence-electron chi connectivity index (χ3n) is 2.99. The van der Waals surface area contributed by atoms with Crippen molar-refractivity contribution < 1.29 is 8.42 Å². The second-order valence-electron chi connectivity index (χ2n) is 4.69. The number of aryl methyl sites for hydroxylation is 2. The Kier molecular flexibility index (Phi) is 5.96. The molecular formula is C12H24N4O2S. The van der Waals surface area contributed by atoms with Gasteiger partial charge in [0.2, 0.25) is 10.0 Å². The molecule has 7 heteroatoms. The van der Waals surface area contributed by atoms with Crippen LogP contribution in [0.4, 0.5) is 0 Å². The van der Waals surface area contributed by atoms with E-state index in [0.717, 1.165) is 30.9 Å². The molecule has 1 N–H and O–H groups in total. The van der Waals surface area contributed by atoms with Crippen LogP contribution in [-0.4, -0.2) is 48.4 Å². The topological polar surface area (TPSA) is 67.2 Å². The highest BCUT2D eigenvalue weighted by Gasteiger charge is 2.12. The highest BCUT2D eigenvalue weighted by molar-refractivity contribution is 7.88. The summed E-state index contributed by atoms with van der Waals surface area (Å²) in [6.45, 7) is 6.45. The molecule has 0 aliphatic carbocycles. The molecule has 0 fully saturated rings. The van der Waals surface area contributed by atoms with Crippen molar-refractivity contribution in [1.29, 1.82) is 0 Å². The normalized spacial score (nSPS) is 12.3. The van der Waals surface area contributed by atoms with Crippen LogP contribution in [0.15, 0.2) is 6.07 Å². The number of aromatic nitrogens is 2. The SMILES string of the molecule is CCN(CCCNCc1cc(C)nn1C)S(C)(=O)=O. The summed E-state index contributed by atoms with van der Waals surface area (Å²) in [5.74, 6) is 0. The number of nitrogens with one attached hydrogen (secondary N) is 1. The third-order valence-corrected chi connectivity index (χ3v) is 4.37. The number of rotatable bonds is 8. The fraction of sp³-hybridized carbons (Fsp3) is 0.750. The Morgan fingerprint density at radius 3 is 2.63 bits per heavy atom. The first-order valence-electron chi connectivity index (χ1n) is 6.50. The predicted molar refractivity (Wildman–Crippen MR) is 76.4 cm³/mol. The van der Waals surface area contributed by atoms with Crippen LogP contribution in [0.1, 0.15) is 24.7 Å². The van der Waals surface area contributed by atoms with Crippen LogP contribution in [0.2, 0.25) is 0 Å². The molecule has 1 rings (SSSR count). The van der Waals surface area contributed by atoms with Crippen LogP contribution in [0.5, 0.6) is 0 Å². The quantitative estimate of drug-likeness (QED) is 0.707. The van der Waals surface area contributed by atoms with E-state index >= 15 is 0 Å². The summed E-state index contributed by atoms with van der Waals surface area (Å²) in [6.07, 6.45) is 2.06. The van der Waals surface area contributed by atoms with E-state index in [9.17, 15) is 8.42 Å². The maximum atomic E-state index is 11.4. The fourth-order valence-electron chi connectivity index (χ4n) is 1.98. The van der Waals surface area contributed by atoms with Crippen LogP contribution >= 0.6 is 0 Å². The lowest BCUT2D eigenvalue weighted by Gasteiger charge is -2.17. The molecule has 6 nitrogen and oxygen atoms in total. The molecule has 0 saturated heterocycles. The Labute approximate surface area is 115 Å². The van der Waals surface area contributed by atoms with Crippen LogP contribution in [-0.2, 0) is 23.6 Å². The Bertz CT molecular complexity index is 496. The maximum Gasteiger partial charge on any atom is 0.211 e. The van der Waals surface area contributed by atoms with E-state index < -0.39 is 10.0 Å². The van der Waals surface area contributed by atoms with Gasteiger partial charge in [0.25, 0.3) is 0 Å². The minimum absolute atomic E-state index is 0.528. The Hall–Kier alpha value is -0.920. The largest absolute Gasteiger partial charge is 0.311 e. The molecule has 1 aromatic heterocycles.